The summed E-state index contributed by atoms with van der Waals surface area (Å²) in [7, 11) is -3.35. The van der Waals surface area contributed by atoms with Crippen LogP contribution < -0.4 is 16.6 Å². The molecule has 2 aromatic heterocycles. The van der Waals surface area contributed by atoms with E-state index in [1.54, 1.807) is 4.57 Å². The third kappa shape index (κ3) is 5.28. The van der Waals surface area contributed by atoms with E-state index >= 15 is 0 Å². The number of hydrogen-bond donors (Lipinski definition) is 1. The Morgan fingerprint density at radius 3 is 2.26 bits per heavy atom. The van der Waals surface area contributed by atoms with Gasteiger partial charge in [0.05, 0.1) is 16.5 Å². The van der Waals surface area contributed by atoms with Gasteiger partial charge in [0.15, 0.2) is 9.84 Å². The fourth-order valence-corrected chi connectivity index (χ4v) is 7.11. The van der Waals surface area contributed by atoms with E-state index in [0.717, 1.165) is 42.9 Å². The molecule has 3 heterocycles. The van der Waals surface area contributed by atoms with Crippen molar-refractivity contribution in [3.8, 4) is 0 Å². The van der Waals surface area contributed by atoms with Gasteiger partial charge in [-0.15, -0.1) is 0 Å². The van der Waals surface area contributed by atoms with E-state index < -0.39 is 26.9 Å². The third-order valence-corrected chi connectivity index (χ3v) is 9.60. The van der Waals surface area contributed by atoms with Crippen molar-refractivity contribution in [3.05, 3.63) is 68.7 Å². The summed E-state index contributed by atoms with van der Waals surface area (Å²) < 4.78 is 40.3. The Morgan fingerprint density at radius 2 is 1.63 bits per heavy atom. The normalized spacial score (nSPS) is 20.9. The second kappa shape index (κ2) is 10.6. The predicted octanol–water partition coefficient (Wildman–Crippen LogP) is 3.08. The summed E-state index contributed by atoms with van der Waals surface area (Å²) in [5.74, 6) is 0.874. The van der Waals surface area contributed by atoms with Gasteiger partial charge in [-0.2, -0.15) is 11.8 Å². The number of fused-ring (bicyclic) bond motifs is 1. The molecule has 38 heavy (non-hydrogen) atoms. The van der Waals surface area contributed by atoms with Gasteiger partial charge in [-0.25, -0.2) is 22.6 Å². The van der Waals surface area contributed by atoms with Gasteiger partial charge in [-0.1, -0.05) is 0 Å². The lowest BCUT2D eigenvalue weighted by Gasteiger charge is -2.31. The number of rotatable bonds is 5. The maximum atomic E-state index is 14.1. The Balaban J connectivity index is 1.36. The number of amides is 1. The largest absolute Gasteiger partial charge is 0.349 e. The molecule has 9 nitrogen and oxygen atoms in total. The number of carbonyl (C=O) groups is 1. The third-order valence-electron chi connectivity index (χ3n) is 7.42. The number of benzene rings is 1. The molecule has 2 aliphatic rings. The number of nitrogens with one attached hydrogen (secondary N) is 1. The molecule has 1 aromatic carbocycles. The van der Waals surface area contributed by atoms with Gasteiger partial charge in [0, 0.05) is 29.9 Å². The first-order valence-corrected chi connectivity index (χ1v) is 15.7. The number of halogens is 1. The van der Waals surface area contributed by atoms with E-state index in [-0.39, 0.29) is 40.0 Å². The minimum absolute atomic E-state index is 0.0965. The Bertz CT molecular complexity index is 1590. The average Bonchev–Trinajstić information content (AvgIpc) is 2.90. The molecule has 0 spiro atoms. The van der Waals surface area contributed by atoms with E-state index in [2.05, 4.69) is 10.3 Å². The summed E-state index contributed by atoms with van der Waals surface area (Å²) in [4.78, 5) is 44.1. The summed E-state index contributed by atoms with van der Waals surface area (Å²) in [6.45, 7) is 0. The van der Waals surface area contributed by atoms with E-state index in [4.69, 9.17) is 0 Å². The van der Waals surface area contributed by atoms with Crippen molar-refractivity contribution in [2.24, 2.45) is 0 Å². The molecule has 1 saturated carbocycles. The number of hydrogen-bond acceptors (Lipinski definition) is 7. The highest BCUT2D eigenvalue weighted by molar-refractivity contribution is 7.99. The van der Waals surface area contributed by atoms with Crippen LogP contribution in [-0.2, 0) is 9.84 Å². The van der Waals surface area contributed by atoms with Crippen LogP contribution in [-0.4, -0.2) is 52.2 Å². The second-order valence-electron chi connectivity index (χ2n) is 9.97. The quantitative estimate of drug-likeness (QED) is 0.509. The van der Waals surface area contributed by atoms with Crippen LogP contribution in [0, 0.1) is 5.82 Å². The molecule has 0 atom stereocenters. The minimum atomic E-state index is -3.35. The van der Waals surface area contributed by atoms with Crippen molar-refractivity contribution in [2.75, 3.05) is 17.8 Å². The van der Waals surface area contributed by atoms with Gasteiger partial charge in [0.25, 0.3) is 11.5 Å². The Labute approximate surface area is 223 Å². The van der Waals surface area contributed by atoms with E-state index in [0.29, 0.717) is 31.2 Å². The monoisotopic (exact) mass is 560 g/mol. The van der Waals surface area contributed by atoms with Gasteiger partial charge in [-0.3, -0.25) is 18.7 Å². The molecule has 3 aromatic rings. The first-order chi connectivity index (χ1) is 18.1. The molecular weight excluding hydrogens is 531 g/mol. The first kappa shape index (κ1) is 26.6. The second-order valence-corrected chi connectivity index (χ2v) is 13.2. The zero-order valence-corrected chi connectivity index (χ0v) is 22.6. The summed E-state index contributed by atoms with van der Waals surface area (Å²) >= 11 is 1.82. The number of pyridine rings is 1. The molecule has 202 valence electrons. The van der Waals surface area contributed by atoms with Crippen LogP contribution in [0.5, 0.6) is 0 Å². The molecule has 1 saturated heterocycles. The van der Waals surface area contributed by atoms with Gasteiger partial charge < -0.3 is 5.32 Å². The standard InChI is InChI=1S/C26H29FN4O5S2/c1-38(35,36)21-8-2-16(3-9-21)24(32)29-18-4-6-19(7-5-18)31-25(33)22-14-17(27)15-28-23(22)30(26(31)34)20-10-12-37-13-11-20/h2-3,8-9,14-15,18-20H,4-7,10-13H2,1H3,(H,29,32)/t18-,19+. The number of thioether (sulfide) groups is 1. The van der Waals surface area contributed by atoms with Gasteiger partial charge in [0.2, 0.25) is 0 Å². The van der Waals surface area contributed by atoms with Crippen molar-refractivity contribution in [1.82, 2.24) is 19.4 Å². The zero-order valence-electron chi connectivity index (χ0n) is 20.9. The van der Waals surface area contributed by atoms with Crippen LogP contribution in [0.25, 0.3) is 11.0 Å². The average molecular weight is 561 g/mol. The van der Waals surface area contributed by atoms with E-state index in [1.807, 2.05) is 11.8 Å². The van der Waals surface area contributed by atoms with Crippen LogP contribution in [0.15, 0.2) is 51.0 Å². The van der Waals surface area contributed by atoms with Crippen molar-refractivity contribution in [2.45, 2.75) is 61.5 Å². The van der Waals surface area contributed by atoms with Crippen molar-refractivity contribution in [1.29, 1.82) is 0 Å². The first-order valence-electron chi connectivity index (χ1n) is 12.6. The van der Waals surface area contributed by atoms with E-state index in [9.17, 15) is 27.2 Å². The van der Waals surface area contributed by atoms with Gasteiger partial charge >= 0.3 is 5.69 Å². The highest BCUT2D eigenvalue weighted by Gasteiger charge is 2.30. The molecule has 0 unspecified atom stereocenters. The topological polar surface area (TPSA) is 120 Å². The van der Waals surface area contributed by atoms with Crippen LogP contribution >= 0.6 is 11.8 Å². The Hall–Kier alpha value is -2.99. The van der Waals surface area contributed by atoms with Crippen LogP contribution in [0.3, 0.4) is 0 Å². The summed E-state index contributed by atoms with van der Waals surface area (Å²) in [6, 6.07) is 6.31. The number of aromatic nitrogens is 3. The highest BCUT2D eigenvalue weighted by Crippen LogP contribution is 2.30. The summed E-state index contributed by atoms with van der Waals surface area (Å²) in [6.07, 6.45) is 5.83. The van der Waals surface area contributed by atoms with Crippen molar-refractivity contribution in [3.63, 3.8) is 0 Å². The lowest BCUT2D eigenvalue weighted by molar-refractivity contribution is 0.0921. The van der Waals surface area contributed by atoms with Crippen molar-refractivity contribution < 1.29 is 17.6 Å². The maximum absolute atomic E-state index is 14.1. The lowest BCUT2D eigenvalue weighted by atomic mass is 9.90. The fourth-order valence-electron chi connectivity index (χ4n) is 5.40. The molecule has 5 rings (SSSR count). The van der Waals surface area contributed by atoms with Crippen molar-refractivity contribution >= 4 is 38.5 Å². The minimum Gasteiger partial charge on any atom is -0.349 e. The van der Waals surface area contributed by atoms with Crippen LogP contribution in [0.4, 0.5) is 4.39 Å². The summed E-state index contributed by atoms with van der Waals surface area (Å²) in [5.41, 5.74) is -0.348. The molecule has 1 amide bonds. The van der Waals surface area contributed by atoms with E-state index in [1.165, 1.54) is 28.8 Å². The van der Waals surface area contributed by atoms with Gasteiger partial charge in [-0.05, 0) is 80.4 Å². The van der Waals surface area contributed by atoms with Gasteiger partial charge in [0.1, 0.15) is 11.5 Å². The highest BCUT2D eigenvalue weighted by atomic mass is 32.2. The van der Waals surface area contributed by atoms with Crippen LogP contribution in [0.1, 0.15) is 61.0 Å². The fraction of sp³-hybridized carbons (Fsp3) is 0.462. The predicted molar refractivity (Wildman–Crippen MR) is 144 cm³/mol. The summed E-state index contributed by atoms with van der Waals surface area (Å²) in [5, 5.41) is 3.08. The number of carbonyl (C=O) groups excluding carboxylic acids is 1. The molecule has 1 aliphatic heterocycles. The number of sulfone groups is 1. The Morgan fingerprint density at radius 1 is 1.00 bits per heavy atom. The molecule has 2 fully saturated rings. The molecule has 0 radical (unpaired) electrons. The molecule has 1 N–H and O–H groups in total. The molecular formula is C26H29FN4O5S2. The SMILES string of the molecule is CS(=O)(=O)c1ccc(C(=O)N[C@H]2CC[C@@H](n3c(=O)c4cc(F)cnc4n(C4CCSCC4)c3=O)CC2)cc1. The Kier molecular flexibility index (Phi) is 7.45. The zero-order chi connectivity index (χ0) is 27.0. The van der Waals surface area contributed by atoms with Crippen LogP contribution in [0.2, 0.25) is 0 Å². The molecule has 12 heteroatoms. The molecule has 0 bridgehead atoms. The lowest BCUT2D eigenvalue weighted by Crippen LogP contribution is -2.46. The maximum Gasteiger partial charge on any atom is 0.333 e. The molecule has 1 aliphatic carbocycles. The smallest absolute Gasteiger partial charge is 0.333 e. The number of nitrogens with zero attached hydrogens (tertiary/aromatic N) is 3.